The molecule has 0 heterocycles. The summed E-state index contributed by atoms with van der Waals surface area (Å²) in [5.41, 5.74) is 1.03. The van der Waals surface area contributed by atoms with Gasteiger partial charge in [-0.1, -0.05) is 43.8 Å². The van der Waals surface area contributed by atoms with Crippen LogP contribution in [0.3, 0.4) is 0 Å². The van der Waals surface area contributed by atoms with Gasteiger partial charge in [0.2, 0.25) is 5.91 Å². The van der Waals surface area contributed by atoms with E-state index in [1.165, 1.54) is 7.11 Å². The molecule has 0 radical (unpaired) electrons. The van der Waals surface area contributed by atoms with Crippen molar-refractivity contribution in [2.45, 2.75) is 13.3 Å². The fraction of sp³-hybridized carbons (Fsp3) is 0.286. The van der Waals surface area contributed by atoms with Gasteiger partial charge in [0, 0.05) is 5.92 Å². The third-order valence-corrected chi connectivity index (χ3v) is 2.54. The third kappa shape index (κ3) is 4.05. The van der Waals surface area contributed by atoms with E-state index in [2.05, 4.69) is 16.6 Å². The Bertz CT molecular complexity index is 440. The van der Waals surface area contributed by atoms with Gasteiger partial charge in [0.05, 0.1) is 7.11 Å². The van der Waals surface area contributed by atoms with Crippen LogP contribution in [0.5, 0.6) is 0 Å². The summed E-state index contributed by atoms with van der Waals surface area (Å²) in [6, 6.07) is 9.69. The van der Waals surface area contributed by atoms with E-state index in [4.69, 9.17) is 0 Å². The first-order valence-electron chi connectivity index (χ1n) is 5.66. The van der Waals surface area contributed by atoms with Gasteiger partial charge in [-0.25, -0.2) is 4.79 Å². The summed E-state index contributed by atoms with van der Waals surface area (Å²) in [5.74, 6) is -1.11. The minimum atomic E-state index is -0.629. The Morgan fingerprint density at radius 3 is 2.50 bits per heavy atom. The Kier molecular flexibility index (Phi) is 5.11. The van der Waals surface area contributed by atoms with Crippen LogP contribution in [0.15, 0.2) is 42.6 Å². The molecule has 0 bridgehead atoms. The second-order valence-electron chi connectivity index (χ2n) is 4.05. The van der Waals surface area contributed by atoms with Gasteiger partial charge in [-0.15, -0.1) is 0 Å². The van der Waals surface area contributed by atoms with Crippen molar-refractivity contribution in [1.82, 2.24) is 5.32 Å². The molecule has 1 amide bonds. The molecule has 0 aliphatic carbocycles. The highest BCUT2D eigenvalue weighted by molar-refractivity contribution is 5.93. The van der Waals surface area contributed by atoms with Crippen LogP contribution in [0.1, 0.15) is 12.5 Å². The molecule has 0 saturated heterocycles. The summed E-state index contributed by atoms with van der Waals surface area (Å²) >= 11 is 0. The number of rotatable bonds is 5. The highest BCUT2D eigenvalue weighted by Crippen LogP contribution is 2.08. The molecule has 0 aromatic heterocycles. The lowest BCUT2D eigenvalue weighted by molar-refractivity contribution is -0.138. The van der Waals surface area contributed by atoms with E-state index in [9.17, 15) is 9.59 Å². The topological polar surface area (TPSA) is 55.4 Å². The number of ether oxygens (including phenoxy) is 1. The Labute approximate surface area is 107 Å². The number of benzene rings is 1. The SMILES string of the molecule is C=C(NC(=O)[C@H](C)Cc1ccccc1)C(=O)OC. The Hall–Kier alpha value is -2.10. The molecule has 1 rings (SSSR count). The number of esters is 1. The minimum absolute atomic E-state index is 0.0394. The number of carbonyl (C=O) groups excluding carboxylic acids is 2. The van der Waals surface area contributed by atoms with Gasteiger partial charge >= 0.3 is 5.97 Å². The second-order valence-corrected chi connectivity index (χ2v) is 4.05. The molecule has 4 heteroatoms. The van der Waals surface area contributed by atoms with Gasteiger partial charge in [0.1, 0.15) is 5.70 Å². The van der Waals surface area contributed by atoms with E-state index in [-0.39, 0.29) is 17.5 Å². The van der Waals surface area contributed by atoms with E-state index in [1.807, 2.05) is 30.3 Å². The normalized spacial score (nSPS) is 11.4. The quantitative estimate of drug-likeness (QED) is 0.636. The lowest BCUT2D eigenvalue weighted by atomic mass is 10.0. The summed E-state index contributed by atoms with van der Waals surface area (Å²) < 4.78 is 4.46. The Morgan fingerprint density at radius 1 is 1.33 bits per heavy atom. The van der Waals surface area contributed by atoms with Gasteiger partial charge < -0.3 is 10.1 Å². The number of methoxy groups -OCH3 is 1. The van der Waals surface area contributed by atoms with Crippen LogP contribution in [0.4, 0.5) is 0 Å². The molecule has 1 aromatic rings. The van der Waals surface area contributed by atoms with E-state index in [1.54, 1.807) is 6.92 Å². The summed E-state index contributed by atoms with van der Waals surface area (Å²) in [7, 11) is 1.24. The largest absolute Gasteiger partial charge is 0.464 e. The van der Waals surface area contributed by atoms with Crippen molar-refractivity contribution in [3.05, 3.63) is 48.2 Å². The average Bonchev–Trinajstić information content (AvgIpc) is 2.38. The average molecular weight is 247 g/mol. The highest BCUT2D eigenvalue weighted by atomic mass is 16.5. The molecule has 18 heavy (non-hydrogen) atoms. The molecule has 0 unspecified atom stereocenters. The lowest BCUT2D eigenvalue weighted by Gasteiger charge is -2.12. The maximum Gasteiger partial charge on any atom is 0.353 e. The van der Waals surface area contributed by atoms with Gasteiger partial charge in [-0.2, -0.15) is 0 Å². The molecule has 0 aliphatic heterocycles. The van der Waals surface area contributed by atoms with E-state index >= 15 is 0 Å². The zero-order valence-corrected chi connectivity index (χ0v) is 10.6. The molecule has 0 spiro atoms. The van der Waals surface area contributed by atoms with Gasteiger partial charge in [0.25, 0.3) is 0 Å². The fourth-order valence-corrected chi connectivity index (χ4v) is 1.51. The lowest BCUT2D eigenvalue weighted by Crippen LogP contribution is -2.32. The Balaban J connectivity index is 2.52. The molecule has 1 atom stereocenters. The standard InChI is InChI=1S/C14H17NO3/c1-10(9-12-7-5-4-6-8-12)13(16)15-11(2)14(17)18-3/h4-8,10H,2,9H2,1,3H3,(H,15,16)/t10-/m1/s1. The van der Waals surface area contributed by atoms with Crippen LogP contribution in [-0.4, -0.2) is 19.0 Å². The zero-order chi connectivity index (χ0) is 13.5. The van der Waals surface area contributed by atoms with Crippen molar-refractivity contribution in [3.8, 4) is 0 Å². The number of nitrogens with one attached hydrogen (secondary N) is 1. The van der Waals surface area contributed by atoms with Crippen LogP contribution in [-0.2, 0) is 20.7 Å². The van der Waals surface area contributed by atoms with Crippen molar-refractivity contribution in [3.63, 3.8) is 0 Å². The summed E-state index contributed by atoms with van der Waals surface area (Å²) in [6.45, 7) is 5.25. The summed E-state index contributed by atoms with van der Waals surface area (Å²) in [5, 5.41) is 2.44. The van der Waals surface area contributed by atoms with E-state index in [0.717, 1.165) is 5.56 Å². The monoisotopic (exact) mass is 247 g/mol. The Morgan fingerprint density at radius 2 is 1.94 bits per heavy atom. The molecule has 1 N–H and O–H groups in total. The second kappa shape index (κ2) is 6.59. The predicted molar refractivity (Wildman–Crippen MR) is 68.6 cm³/mol. The summed E-state index contributed by atoms with van der Waals surface area (Å²) in [4.78, 5) is 22.9. The zero-order valence-electron chi connectivity index (χ0n) is 10.6. The van der Waals surface area contributed by atoms with Crippen LogP contribution in [0.2, 0.25) is 0 Å². The molecule has 96 valence electrons. The highest BCUT2D eigenvalue weighted by Gasteiger charge is 2.17. The number of hydrogen-bond donors (Lipinski definition) is 1. The first kappa shape index (κ1) is 14.0. The summed E-state index contributed by atoms with van der Waals surface area (Å²) in [6.07, 6.45) is 0.612. The molecule has 1 aromatic carbocycles. The van der Waals surface area contributed by atoms with Crippen molar-refractivity contribution in [2.24, 2.45) is 5.92 Å². The van der Waals surface area contributed by atoms with E-state index in [0.29, 0.717) is 6.42 Å². The smallest absolute Gasteiger partial charge is 0.353 e. The first-order chi connectivity index (χ1) is 8.54. The van der Waals surface area contributed by atoms with Gasteiger partial charge in [0.15, 0.2) is 0 Å². The maximum atomic E-state index is 11.8. The molecular formula is C14H17NO3. The van der Waals surface area contributed by atoms with Gasteiger partial charge in [-0.05, 0) is 12.0 Å². The van der Waals surface area contributed by atoms with Crippen molar-refractivity contribution >= 4 is 11.9 Å². The minimum Gasteiger partial charge on any atom is -0.464 e. The predicted octanol–water partition coefficient (Wildman–Crippen LogP) is 1.67. The maximum absolute atomic E-state index is 11.8. The molecular weight excluding hydrogens is 230 g/mol. The molecule has 0 aliphatic rings. The van der Waals surface area contributed by atoms with Crippen LogP contribution in [0, 0.1) is 5.92 Å². The van der Waals surface area contributed by atoms with Gasteiger partial charge in [-0.3, -0.25) is 4.79 Å². The van der Waals surface area contributed by atoms with Crippen molar-refractivity contribution < 1.29 is 14.3 Å². The van der Waals surface area contributed by atoms with Crippen LogP contribution < -0.4 is 5.32 Å². The molecule has 0 saturated carbocycles. The number of carbonyl (C=O) groups is 2. The van der Waals surface area contributed by atoms with Crippen molar-refractivity contribution in [2.75, 3.05) is 7.11 Å². The fourth-order valence-electron chi connectivity index (χ4n) is 1.51. The number of amides is 1. The third-order valence-electron chi connectivity index (χ3n) is 2.54. The van der Waals surface area contributed by atoms with Crippen LogP contribution >= 0.6 is 0 Å². The molecule has 0 fully saturated rings. The van der Waals surface area contributed by atoms with Crippen molar-refractivity contribution in [1.29, 1.82) is 0 Å². The number of hydrogen-bond acceptors (Lipinski definition) is 3. The van der Waals surface area contributed by atoms with Crippen LogP contribution in [0.25, 0.3) is 0 Å². The van der Waals surface area contributed by atoms with E-state index < -0.39 is 5.97 Å². The first-order valence-corrected chi connectivity index (χ1v) is 5.66. The molecule has 4 nitrogen and oxygen atoms in total.